The van der Waals surface area contributed by atoms with Crippen LogP contribution in [0.4, 0.5) is 4.39 Å². The van der Waals surface area contributed by atoms with Gasteiger partial charge in [-0.3, -0.25) is 9.59 Å². The maximum Gasteiger partial charge on any atom is 0.242 e. The van der Waals surface area contributed by atoms with Crippen molar-refractivity contribution in [3.8, 4) is 0 Å². The number of halogens is 1. The van der Waals surface area contributed by atoms with Crippen LogP contribution in [0.3, 0.4) is 0 Å². The first kappa shape index (κ1) is 22.9. The van der Waals surface area contributed by atoms with Crippen LogP contribution >= 0.6 is 11.8 Å². The van der Waals surface area contributed by atoms with Crippen LogP contribution in [0, 0.1) is 5.82 Å². The van der Waals surface area contributed by atoms with E-state index < -0.39 is 6.04 Å². The molecule has 29 heavy (non-hydrogen) atoms. The standard InChI is InChI=1S/C23H29FN2O2S/c1-3-21(23(28)25-4-2)26(15-14-18-10-6-5-7-11-18)22(27)17-29-16-19-12-8-9-13-20(19)24/h5-13,21H,3-4,14-17H2,1-2H3,(H,25,28)/t21-/m0/s1. The molecular weight excluding hydrogens is 387 g/mol. The molecule has 2 aromatic carbocycles. The topological polar surface area (TPSA) is 49.4 Å². The second kappa shape index (κ2) is 12.3. The Kier molecular flexibility index (Phi) is 9.71. The zero-order valence-corrected chi connectivity index (χ0v) is 17.9. The molecule has 0 aliphatic carbocycles. The summed E-state index contributed by atoms with van der Waals surface area (Å²) in [5.41, 5.74) is 1.70. The van der Waals surface area contributed by atoms with Gasteiger partial charge in [0.15, 0.2) is 0 Å². The van der Waals surface area contributed by atoms with E-state index in [2.05, 4.69) is 5.32 Å². The first-order valence-corrected chi connectivity index (χ1v) is 11.1. The average molecular weight is 417 g/mol. The van der Waals surface area contributed by atoms with Gasteiger partial charge in [0.05, 0.1) is 5.75 Å². The van der Waals surface area contributed by atoms with Gasteiger partial charge in [0.2, 0.25) is 11.8 Å². The van der Waals surface area contributed by atoms with Gasteiger partial charge in [0.25, 0.3) is 0 Å². The van der Waals surface area contributed by atoms with E-state index in [1.54, 1.807) is 23.1 Å². The SMILES string of the molecule is CCNC(=O)[C@H](CC)N(CCc1ccccc1)C(=O)CSCc1ccccc1F. The summed E-state index contributed by atoms with van der Waals surface area (Å²) in [7, 11) is 0. The van der Waals surface area contributed by atoms with Crippen molar-refractivity contribution >= 4 is 23.6 Å². The molecule has 0 aliphatic rings. The second-order valence-electron chi connectivity index (χ2n) is 6.73. The van der Waals surface area contributed by atoms with E-state index in [1.807, 2.05) is 44.2 Å². The highest BCUT2D eigenvalue weighted by Gasteiger charge is 2.27. The molecule has 0 unspecified atom stereocenters. The molecule has 0 fully saturated rings. The number of nitrogens with zero attached hydrogens (tertiary/aromatic N) is 1. The zero-order chi connectivity index (χ0) is 21.1. The van der Waals surface area contributed by atoms with Crippen molar-refractivity contribution in [1.82, 2.24) is 10.2 Å². The predicted octanol–water partition coefficient (Wildman–Crippen LogP) is 4.04. The molecule has 0 spiro atoms. The van der Waals surface area contributed by atoms with Crippen LogP contribution in [0.2, 0.25) is 0 Å². The van der Waals surface area contributed by atoms with Gasteiger partial charge < -0.3 is 10.2 Å². The van der Waals surface area contributed by atoms with Gasteiger partial charge in [0.1, 0.15) is 11.9 Å². The molecule has 1 atom stereocenters. The molecule has 6 heteroatoms. The molecule has 0 radical (unpaired) electrons. The Balaban J connectivity index is 2.04. The maximum atomic E-state index is 13.8. The molecular formula is C23H29FN2O2S. The molecule has 0 aliphatic heterocycles. The number of hydrogen-bond acceptors (Lipinski definition) is 3. The third-order valence-corrected chi connectivity index (χ3v) is 5.63. The number of carbonyl (C=O) groups excluding carboxylic acids is 2. The highest BCUT2D eigenvalue weighted by Crippen LogP contribution is 2.17. The van der Waals surface area contributed by atoms with Crippen molar-refractivity contribution in [3.05, 3.63) is 71.5 Å². The summed E-state index contributed by atoms with van der Waals surface area (Å²) < 4.78 is 13.8. The first-order valence-electron chi connectivity index (χ1n) is 9.99. The van der Waals surface area contributed by atoms with Crippen LogP contribution in [0.1, 0.15) is 31.4 Å². The number of nitrogens with one attached hydrogen (secondary N) is 1. The highest BCUT2D eigenvalue weighted by molar-refractivity contribution is 7.99. The number of hydrogen-bond donors (Lipinski definition) is 1. The minimum Gasteiger partial charge on any atom is -0.355 e. The van der Waals surface area contributed by atoms with Crippen molar-refractivity contribution < 1.29 is 14.0 Å². The quantitative estimate of drug-likeness (QED) is 0.601. The van der Waals surface area contributed by atoms with Crippen LogP contribution in [0.25, 0.3) is 0 Å². The fourth-order valence-corrected chi connectivity index (χ4v) is 4.03. The molecule has 0 saturated heterocycles. The molecule has 156 valence electrons. The Morgan fingerprint density at radius 3 is 2.41 bits per heavy atom. The number of carbonyl (C=O) groups is 2. The monoisotopic (exact) mass is 416 g/mol. The number of thioether (sulfide) groups is 1. The Labute approximate surface area is 176 Å². The van der Waals surface area contributed by atoms with Crippen LogP contribution in [-0.4, -0.2) is 41.6 Å². The normalized spacial score (nSPS) is 11.7. The van der Waals surface area contributed by atoms with Crippen LogP contribution < -0.4 is 5.32 Å². The molecule has 0 bridgehead atoms. The minimum absolute atomic E-state index is 0.0969. The largest absolute Gasteiger partial charge is 0.355 e. The van der Waals surface area contributed by atoms with E-state index in [1.165, 1.54) is 17.8 Å². The van der Waals surface area contributed by atoms with E-state index in [9.17, 15) is 14.0 Å². The summed E-state index contributed by atoms with van der Waals surface area (Å²) in [6.45, 7) is 4.77. The molecule has 2 aromatic rings. The average Bonchev–Trinajstić information content (AvgIpc) is 2.73. The van der Waals surface area contributed by atoms with E-state index >= 15 is 0 Å². The summed E-state index contributed by atoms with van der Waals surface area (Å²) >= 11 is 1.37. The Bertz CT molecular complexity index is 785. The molecule has 2 amide bonds. The van der Waals surface area contributed by atoms with E-state index in [0.717, 1.165) is 5.56 Å². The number of amides is 2. The van der Waals surface area contributed by atoms with Crippen molar-refractivity contribution in [2.45, 2.75) is 38.5 Å². The lowest BCUT2D eigenvalue weighted by Crippen LogP contribution is -2.50. The molecule has 0 heterocycles. The second-order valence-corrected chi connectivity index (χ2v) is 7.71. The van der Waals surface area contributed by atoms with E-state index in [0.29, 0.717) is 37.2 Å². The van der Waals surface area contributed by atoms with Gasteiger partial charge in [-0.05, 0) is 37.0 Å². The fraction of sp³-hybridized carbons (Fsp3) is 0.391. The van der Waals surface area contributed by atoms with Crippen molar-refractivity contribution in [2.24, 2.45) is 0 Å². The van der Waals surface area contributed by atoms with E-state index in [4.69, 9.17) is 0 Å². The number of likely N-dealkylation sites (N-methyl/N-ethyl adjacent to an activating group) is 1. The van der Waals surface area contributed by atoms with Crippen molar-refractivity contribution in [3.63, 3.8) is 0 Å². The lowest BCUT2D eigenvalue weighted by Gasteiger charge is -2.30. The zero-order valence-electron chi connectivity index (χ0n) is 17.1. The molecule has 2 rings (SSSR count). The van der Waals surface area contributed by atoms with Crippen LogP contribution in [0.5, 0.6) is 0 Å². The fourth-order valence-electron chi connectivity index (χ4n) is 3.13. The van der Waals surface area contributed by atoms with Crippen molar-refractivity contribution in [1.29, 1.82) is 0 Å². The van der Waals surface area contributed by atoms with E-state index in [-0.39, 0.29) is 23.4 Å². The van der Waals surface area contributed by atoms with Crippen molar-refractivity contribution in [2.75, 3.05) is 18.8 Å². The molecule has 0 aromatic heterocycles. The summed E-state index contributed by atoms with van der Waals surface area (Å²) in [5.74, 6) is 0.139. The third-order valence-electron chi connectivity index (χ3n) is 4.66. The van der Waals surface area contributed by atoms with Gasteiger partial charge in [-0.2, -0.15) is 0 Å². The minimum atomic E-state index is -0.500. The molecule has 1 N–H and O–H groups in total. The first-order chi connectivity index (χ1) is 14.1. The lowest BCUT2D eigenvalue weighted by atomic mass is 10.1. The summed E-state index contributed by atoms with van der Waals surface area (Å²) in [4.78, 5) is 27.2. The summed E-state index contributed by atoms with van der Waals surface area (Å²) in [5, 5.41) is 2.83. The predicted molar refractivity (Wildman–Crippen MR) is 117 cm³/mol. The molecule has 0 saturated carbocycles. The van der Waals surface area contributed by atoms with Crippen LogP contribution in [0.15, 0.2) is 54.6 Å². The Morgan fingerprint density at radius 2 is 1.76 bits per heavy atom. The maximum absolute atomic E-state index is 13.8. The van der Waals surface area contributed by atoms with Gasteiger partial charge in [-0.15, -0.1) is 11.8 Å². The van der Waals surface area contributed by atoms with Gasteiger partial charge in [0, 0.05) is 18.8 Å². The van der Waals surface area contributed by atoms with Crippen LogP contribution in [-0.2, 0) is 21.8 Å². The Hall–Kier alpha value is -2.34. The highest BCUT2D eigenvalue weighted by atomic mass is 32.2. The van der Waals surface area contributed by atoms with Gasteiger partial charge >= 0.3 is 0 Å². The number of benzene rings is 2. The number of rotatable bonds is 11. The lowest BCUT2D eigenvalue weighted by molar-refractivity contribution is -0.138. The third kappa shape index (κ3) is 7.20. The summed E-state index contributed by atoms with van der Waals surface area (Å²) in [6.07, 6.45) is 1.23. The molecule has 4 nitrogen and oxygen atoms in total. The summed E-state index contributed by atoms with van der Waals surface area (Å²) in [6, 6.07) is 16.0. The van der Waals surface area contributed by atoms with Gasteiger partial charge in [-0.1, -0.05) is 55.5 Å². The Morgan fingerprint density at radius 1 is 1.07 bits per heavy atom. The smallest absolute Gasteiger partial charge is 0.242 e. The van der Waals surface area contributed by atoms with Gasteiger partial charge in [-0.25, -0.2) is 4.39 Å².